The largest absolute Gasteiger partial charge is 0.496 e. The number of pyridine rings is 1. The van der Waals surface area contributed by atoms with Crippen molar-refractivity contribution in [3.8, 4) is 17.2 Å². The maximum absolute atomic E-state index is 12.4. The third kappa shape index (κ3) is 5.33. The Bertz CT molecular complexity index is 841. The normalized spacial score (nSPS) is 14.3. The van der Waals surface area contributed by atoms with Crippen molar-refractivity contribution in [1.82, 2.24) is 14.8 Å². The minimum Gasteiger partial charge on any atom is -0.496 e. The molecule has 1 saturated heterocycles. The summed E-state index contributed by atoms with van der Waals surface area (Å²) in [5, 5.41) is 0. The van der Waals surface area contributed by atoms with Gasteiger partial charge in [0, 0.05) is 50.6 Å². The monoisotopic (exact) mass is 415 g/mol. The van der Waals surface area contributed by atoms with Crippen molar-refractivity contribution in [2.45, 2.75) is 20.1 Å². The van der Waals surface area contributed by atoms with E-state index in [1.807, 2.05) is 37.3 Å². The Kier molecular flexibility index (Phi) is 7.35. The van der Waals surface area contributed by atoms with E-state index in [0.29, 0.717) is 25.4 Å². The fourth-order valence-corrected chi connectivity index (χ4v) is 3.45. The molecule has 8 heteroatoms. The summed E-state index contributed by atoms with van der Waals surface area (Å²) in [6.07, 6.45) is -0.308. The van der Waals surface area contributed by atoms with E-state index in [0.717, 1.165) is 41.5 Å². The molecule has 2 heterocycles. The minimum absolute atomic E-state index is 0.182. The lowest BCUT2D eigenvalue weighted by molar-refractivity contribution is 0.0689. The van der Waals surface area contributed by atoms with Crippen LogP contribution in [0.2, 0.25) is 0 Å². The molecule has 0 spiro atoms. The Morgan fingerprint density at radius 3 is 2.23 bits per heavy atom. The van der Waals surface area contributed by atoms with Crippen molar-refractivity contribution >= 4 is 6.09 Å². The van der Waals surface area contributed by atoms with Crippen LogP contribution in [0.5, 0.6) is 17.2 Å². The number of benzene rings is 1. The summed E-state index contributed by atoms with van der Waals surface area (Å²) in [4.78, 5) is 20.7. The molecule has 1 fully saturated rings. The average molecular weight is 415 g/mol. The number of rotatable bonds is 7. The van der Waals surface area contributed by atoms with Gasteiger partial charge in [-0.1, -0.05) is 6.07 Å². The lowest BCUT2D eigenvalue weighted by atomic mass is 10.1. The first-order valence-corrected chi connectivity index (χ1v) is 9.89. The number of hydrogen-bond acceptors (Lipinski definition) is 7. The number of aromatic nitrogens is 1. The van der Waals surface area contributed by atoms with Crippen LogP contribution in [-0.4, -0.2) is 68.4 Å². The van der Waals surface area contributed by atoms with Gasteiger partial charge < -0.3 is 23.8 Å². The Hall–Kier alpha value is -3.00. The van der Waals surface area contributed by atoms with E-state index in [1.54, 1.807) is 26.2 Å². The first-order valence-electron chi connectivity index (χ1n) is 9.89. The van der Waals surface area contributed by atoms with Gasteiger partial charge in [0.25, 0.3) is 0 Å². The van der Waals surface area contributed by atoms with Crippen molar-refractivity contribution < 1.29 is 23.7 Å². The van der Waals surface area contributed by atoms with Crippen LogP contribution >= 0.6 is 0 Å². The molecule has 2 aromatic rings. The van der Waals surface area contributed by atoms with Gasteiger partial charge in [-0.05, 0) is 19.1 Å². The Morgan fingerprint density at radius 1 is 1.00 bits per heavy atom. The highest BCUT2D eigenvalue weighted by Gasteiger charge is 2.24. The smallest absolute Gasteiger partial charge is 0.410 e. The number of carbonyl (C=O) groups is 1. The number of piperazine rings is 1. The summed E-state index contributed by atoms with van der Waals surface area (Å²) >= 11 is 0. The van der Waals surface area contributed by atoms with Crippen LogP contribution in [0, 0.1) is 6.92 Å². The number of ether oxygens (including phenoxy) is 4. The second-order valence-electron chi connectivity index (χ2n) is 7.10. The summed E-state index contributed by atoms with van der Waals surface area (Å²) < 4.78 is 21.8. The van der Waals surface area contributed by atoms with Gasteiger partial charge in [0.1, 0.15) is 23.9 Å². The SMILES string of the molecule is COc1cc(OC)c(CN2CCN(C(=O)OCc3cccc(C)n3)CC2)c(OC)c1. The zero-order valence-corrected chi connectivity index (χ0v) is 18.0. The van der Waals surface area contributed by atoms with Crippen molar-refractivity contribution in [1.29, 1.82) is 0 Å². The Labute approximate surface area is 177 Å². The summed E-state index contributed by atoms with van der Waals surface area (Å²) in [5.41, 5.74) is 2.62. The van der Waals surface area contributed by atoms with Crippen LogP contribution in [-0.2, 0) is 17.9 Å². The lowest BCUT2D eigenvalue weighted by Crippen LogP contribution is -2.48. The summed E-state index contributed by atoms with van der Waals surface area (Å²) in [5.74, 6) is 2.13. The Morgan fingerprint density at radius 2 is 1.67 bits per heavy atom. The van der Waals surface area contributed by atoms with E-state index in [4.69, 9.17) is 18.9 Å². The van der Waals surface area contributed by atoms with Crippen LogP contribution in [0.1, 0.15) is 17.0 Å². The topological polar surface area (TPSA) is 73.4 Å². The van der Waals surface area contributed by atoms with Crippen LogP contribution in [0.4, 0.5) is 4.79 Å². The maximum Gasteiger partial charge on any atom is 0.410 e. The predicted molar refractivity (Wildman–Crippen MR) is 112 cm³/mol. The first kappa shape index (κ1) is 21.7. The van der Waals surface area contributed by atoms with Gasteiger partial charge in [-0.15, -0.1) is 0 Å². The van der Waals surface area contributed by atoms with Gasteiger partial charge in [0.15, 0.2) is 0 Å². The first-order chi connectivity index (χ1) is 14.5. The number of methoxy groups -OCH3 is 3. The quantitative estimate of drug-likeness (QED) is 0.688. The molecule has 0 radical (unpaired) electrons. The highest BCUT2D eigenvalue weighted by Crippen LogP contribution is 2.35. The van der Waals surface area contributed by atoms with Gasteiger partial charge in [-0.3, -0.25) is 9.88 Å². The second kappa shape index (κ2) is 10.2. The summed E-state index contributed by atoms with van der Waals surface area (Å²) in [7, 11) is 4.88. The van der Waals surface area contributed by atoms with E-state index < -0.39 is 0 Å². The molecule has 1 aliphatic heterocycles. The molecular weight excluding hydrogens is 386 g/mol. The number of amides is 1. The van der Waals surface area contributed by atoms with Crippen LogP contribution < -0.4 is 14.2 Å². The Balaban J connectivity index is 1.55. The third-order valence-electron chi connectivity index (χ3n) is 5.12. The van der Waals surface area contributed by atoms with Gasteiger partial charge in [0.2, 0.25) is 0 Å². The number of carbonyl (C=O) groups excluding carboxylic acids is 1. The standard InChI is InChI=1S/C22H29N3O5/c1-16-6-5-7-17(23-16)15-30-22(26)25-10-8-24(9-11-25)14-19-20(28-3)12-18(27-2)13-21(19)29-4/h5-7,12-13H,8-11,14-15H2,1-4H3. The van der Waals surface area contributed by atoms with Crippen LogP contribution in [0.25, 0.3) is 0 Å². The van der Waals surface area contributed by atoms with E-state index in [-0.39, 0.29) is 12.7 Å². The third-order valence-corrected chi connectivity index (χ3v) is 5.12. The van der Waals surface area contributed by atoms with Crippen LogP contribution in [0.3, 0.4) is 0 Å². The molecule has 1 aromatic carbocycles. The molecule has 0 atom stereocenters. The zero-order chi connectivity index (χ0) is 21.5. The number of aryl methyl sites for hydroxylation is 1. The van der Waals surface area contributed by atoms with E-state index >= 15 is 0 Å². The predicted octanol–water partition coefficient (Wildman–Crippen LogP) is 2.87. The van der Waals surface area contributed by atoms with Gasteiger partial charge in [-0.2, -0.15) is 0 Å². The number of hydrogen-bond donors (Lipinski definition) is 0. The molecule has 0 N–H and O–H groups in total. The molecule has 1 aliphatic rings. The fraction of sp³-hybridized carbons (Fsp3) is 0.455. The zero-order valence-electron chi connectivity index (χ0n) is 18.0. The molecular formula is C22H29N3O5. The fourth-order valence-electron chi connectivity index (χ4n) is 3.45. The average Bonchev–Trinajstić information content (AvgIpc) is 2.78. The van der Waals surface area contributed by atoms with Crippen molar-refractivity contribution in [2.24, 2.45) is 0 Å². The van der Waals surface area contributed by atoms with Gasteiger partial charge in [0.05, 0.1) is 32.6 Å². The van der Waals surface area contributed by atoms with Crippen molar-refractivity contribution in [3.63, 3.8) is 0 Å². The summed E-state index contributed by atoms with van der Waals surface area (Å²) in [6.45, 7) is 5.42. The maximum atomic E-state index is 12.4. The minimum atomic E-state index is -0.308. The van der Waals surface area contributed by atoms with E-state index in [2.05, 4.69) is 9.88 Å². The molecule has 8 nitrogen and oxygen atoms in total. The van der Waals surface area contributed by atoms with Crippen molar-refractivity contribution in [2.75, 3.05) is 47.5 Å². The molecule has 1 aromatic heterocycles. The molecule has 0 aliphatic carbocycles. The highest BCUT2D eigenvalue weighted by molar-refractivity contribution is 5.67. The molecule has 0 unspecified atom stereocenters. The lowest BCUT2D eigenvalue weighted by Gasteiger charge is -2.34. The molecule has 30 heavy (non-hydrogen) atoms. The van der Waals surface area contributed by atoms with E-state index in [1.165, 1.54) is 0 Å². The highest BCUT2D eigenvalue weighted by atomic mass is 16.6. The van der Waals surface area contributed by atoms with Crippen molar-refractivity contribution in [3.05, 3.63) is 47.3 Å². The molecule has 0 saturated carbocycles. The summed E-state index contributed by atoms with van der Waals surface area (Å²) in [6, 6.07) is 9.38. The molecule has 162 valence electrons. The second-order valence-corrected chi connectivity index (χ2v) is 7.10. The molecule has 0 bridgehead atoms. The molecule has 1 amide bonds. The molecule has 3 rings (SSSR count). The van der Waals surface area contributed by atoms with Gasteiger partial charge >= 0.3 is 6.09 Å². The van der Waals surface area contributed by atoms with E-state index in [9.17, 15) is 4.79 Å². The van der Waals surface area contributed by atoms with Gasteiger partial charge in [-0.25, -0.2) is 4.79 Å². The number of nitrogens with zero attached hydrogens (tertiary/aromatic N) is 3. The van der Waals surface area contributed by atoms with Crippen LogP contribution in [0.15, 0.2) is 30.3 Å².